The predicted octanol–water partition coefficient (Wildman–Crippen LogP) is 2.46. The standard InChI is InChI=1S/C14H20N4/c1-4-18-10-13(8-17-18)12(3)16-9-14-11(2)6-5-7-15-14/h5-8,10,12,16H,4,9H2,1-3H3. The first-order chi connectivity index (χ1) is 8.70. The molecule has 18 heavy (non-hydrogen) atoms. The third kappa shape index (κ3) is 2.96. The van der Waals surface area contributed by atoms with Crippen LogP contribution >= 0.6 is 0 Å². The van der Waals surface area contributed by atoms with Gasteiger partial charge in [0, 0.05) is 37.1 Å². The first-order valence-corrected chi connectivity index (χ1v) is 6.37. The average molecular weight is 244 g/mol. The van der Waals surface area contributed by atoms with E-state index in [9.17, 15) is 0 Å². The van der Waals surface area contributed by atoms with Gasteiger partial charge in [-0.15, -0.1) is 0 Å². The molecule has 0 amide bonds. The number of pyridine rings is 1. The number of nitrogens with zero attached hydrogens (tertiary/aromatic N) is 3. The van der Waals surface area contributed by atoms with E-state index in [4.69, 9.17) is 0 Å². The van der Waals surface area contributed by atoms with Gasteiger partial charge in [-0.1, -0.05) is 6.07 Å². The zero-order chi connectivity index (χ0) is 13.0. The molecule has 0 saturated heterocycles. The second kappa shape index (κ2) is 5.78. The molecule has 1 unspecified atom stereocenters. The van der Waals surface area contributed by atoms with E-state index >= 15 is 0 Å². The van der Waals surface area contributed by atoms with Crippen molar-refractivity contribution in [3.8, 4) is 0 Å². The molecule has 2 aromatic heterocycles. The summed E-state index contributed by atoms with van der Waals surface area (Å²) in [5, 5.41) is 7.77. The lowest BCUT2D eigenvalue weighted by Crippen LogP contribution is -2.19. The summed E-state index contributed by atoms with van der Waals surface area (Å²) in [6.07, 6.45) is 5.85. The molecular formula is C14H20N4. The minimum absolute atomic E-state index is 0.284. The van der Waals surface area contributed by atoms with Crippen LogP contribution in [0.25, 0.3) is 0 Å². The lowest BCUT2D eigenvalue weighted by molar-refractivity contribution is 0.564. The Hall–Kier alpha value is -1.68. The molecule has 0 aliphatic rings. The summed E-state index contributed by atoms with van der Waals surface area (Å²) < 4.78 is 1.94. The molecule has 0 aliphatic carbocycles. The van der Waals surface area contributed by atoms with Crippen molar-refractivity contribution in [1.82, 2.24) is 20.1 Å². The summed E-state index contributed by atoms with van der Waals surface area (Å²) >= 11 is 0. The minimum atomic E-state index is 0.284. The molecule has 0 aliphatic heterocycles. The summed E-state index contributed by atoms with van der Waals surface area (Å²) in [5.41, 5.74) is 3.54. The molecule has 1 atom stereocenters. The predicted molar refractivity (Wildman–Crippen MR) is 72.1 cm³/mol. The van der Waals surface area contributed by atoms with Gasteiger partial charge in [-0.2, -0.15) is 5.10 Å². The van der Waals surface area contributed by atoms with Crippen LogP contribution in [-0.2, 0) is 13.1 Å². The molecule has 2 heterocycles. The number of aryl methyl sites for hydroxylation is 2. The maximum atomic E-state index is 4.38. The normalized spacial score (nSPS) is 12.6. The van der Waals surface area contributed by atoms with E-state index in [0.717, 1.165) is 18.8 Å². The number of aromatic nitrogens is 3. The van der Waals surface area contributed by atoms with Gasteiger partial charge in [-0.05, 0) is 32.4 Å². The largest absolute Gasteiger partial charge is 0.304 e. The highest BCUT2D eigenvalue weighted by Gasteiger charge is 2.08. The average Bonchev–Trinajstić information content (AvgIpc) is 2.86. The van der Waals surface area contributed by atoms with Gasteiger partial charge in [0.1, 0.15) is 0 Å². The van der Waals surface area contributed by atoms with E-state index in [-0.39, 0.29) is 6.04 Å². The Bertz CT molecular complexity index is 504. The highest BCUT2D eigenvalue weighted by molar-refractivity contribution is 5.18. The van der Waals surface area contributed by atoms with Crippen LogP contribution in [-0.4, -0.2) is 14.8 Å². The Balaban J connectivity index is 1.96. The Kier molecular flexibility index (Phi) is 4.10. The molecule has 0 fully saturated rings. The lowest BCUT2D eigenvalue weighted by atomic mass is 10.1. The first kappa shape index (κ1) is 12.8. The van der Waals surface area contributed by atoms with Gasteiger partial charge >= 0.3 is 0 Å². The molecule has 0 spiro atoms. The van der Waals surface area contributed by atoms with Crippen molar-refractivity contribution in [2.24, 2.45) is 0 Å². The van der Waals surface area contributed by atoms with Gasteiger partial charge in [0.25, 0.3) is 0 Å². The van der Waals surface area contributed by atoms with Crippen LogP contribution in [0, 0.1) is 6.92 Å². The Morgan fingerprint density at radius 1 is 1.44 bits per heavy atom. The van der Waals surface area contributed by atoms with Crippen molar-refractivity contribution in [3.63, 3.8) is 0 Å². The third-order valence-corrected chi connectivity index (χ3v) is 3.17. The smallest absolute Gasteiger partial charge is 0.0570 e. The van der Waals surface area contributed by atoms with E-state index in [1.54, 1.807) is 0 Å². The van der Waals surface area contributed by atoms with E-state index in [1.165, 1.54) is 11.1 Å². The van der Waals surface area contributed by atoms with Crippen molar-refractivity contribution < 1.29 is 0 Å². The maximum Gasteiger partial charge on any atom is 0.0570 e. The Morgan fingerprint density at radius 3 is 2.94 bits per heavy atom. The fourth-order valence-corrected chi connectivity index (χ4v) is 1.85. The topological polar surface area (TPSA) is 42.7 Å². The number of hydrogen-bond donors (Lipinski definition) is 1. The number of hydrogen-bond acceptors (Lipinski definition) is 3. The Labute approximate surface area is 108 Å². The van der Waals surface area contributed by atoms with Crippen LogP contribution in [0.15, 0.2) is 30.7 Å². The first-order valence-electron chi connectivity index (χ1n) is 6.37. The van der Waals surface area contributed by atoms with Crippen LogP contribution < -0.4 is 5.32 Å². The number of nitrogens with one attached hydrogen (secondary N) is 1. The van der Waals surface area contributed by atoms with Crippen molar-refractivity contribution in [2.45, 2.75) is 39.9 Å². The van der Waals surface area contributed by atoms with E-state index in [2.05, 4.69) is 48.4 Å². The molecule has 4 heteroatoms. The summed E-state index contributed by atoms with van der Waals surface area (Å²) in [5.74, 6) is 0. The quantitative estimate of drug-likeness (QED) is 0.878. The van der Waals surface area contributed by atoms with Gasteiger partial charge in [0.2, 0.25) is 0 Å². The monoisotopic (exact) mass is 244 g/mol. The summed E-state index contributed by atoms with van der Waals surface area (Å²) in [6.45, 7) is 8.02. The molecule has 2 aromatic rings. The van der Waals surface area contributed by atoms with E-state index in [1.807, 2.05) is 23.1 Å². The highest BCUT2D eigenvalue weighted by atomic mass is 15.3. The number of rotatable bonds is 5. The van der Waals surface area contributed by atoms with Crippen LogP contribution in [0.5, 0.6) is 0 Å². The Morgan fingerprint density at radius 2 is 2.28 bits per heavy atom. The van der Waals surface area contributed by atoms with Crippen LogP contribution in [0.2, 0.25) is 0 Å². The SMILES string of the molecule is CCn1cc(C(C)NCc2ncccc2C)cn1. The van der Waals surface area contributed by atoms with Crippen molar-refractivity contribution in [3.05, 3.63) is 47.5 Å². The molecule has 4 nitrogen and oxygen atoms in total. The van der Waals surface area contributed by atoms with Crippen LogP contribution in [0.3, 0.4) is 0 Å². The van der Waals surface area contributed by atoms with Crippen molar-refractivity contribution in [1.29, 1.82) is 0 Å². The molecule has 0 radical (unpaired) electrons. The molecule has 96 valence electrons. The molecule has 0 saturated carbocycles. The second-order valence-electron chi connectivity index (χ2n) is 4.50. The zero-order valence-electron chi connectivity index (χ0n) is 11.2. The lowest BCUT2D eigenvalue weighted by Gasteiger charge is -2.12. The summed E-state index contributed by atoms with van der Waals surface area (Å²) in [6, 6.07) is 4.34. The maximum absolute atomic E-state index is 4.38. The van der Waals surface area contributed by atoms with Gasteiger partial charge in [-0.3, -0.25) is 9.67 Å². The summed E-state index contributed by atoms with van der Waals surface area (Å²) in [7, 11) is 0. The minimum Gasteiger partial charge on any atom is -0.304 e. The second-order valence-corrected chi connectivity index (χ2v) is 4.50. The van der Waals surface area contributed by atoms with Gasteiger partial charge < -0.3 is 5.32 Å². The zero-order valence-corrected chi connectivity index (χ0v) is 11.2. The van der Waals surface area contributed by atoms with Crippen LogP contribution in [0.1, 0.15) is 36.7 Å². The fraction of sp³-hybridized carbons (Fsp3) is 0.429. The van der Waals surface area contributed by atoms with Gasteiger partial charge in [0.05, 0.1) is 11.9 Å². The highest BCUT2D eigenvalue weighted by Crippen LogP contribution is 2.12. The van der Waals surface area contributed by atoms with E-state index in [0.29, 0.717) is 0 Å². The fourth-order valence-electron chi connectivity index (χ4n) is 1.85. The molecular weight excluding hydrogens is 224 g/mol. The summed E-state index contributed by atoms with van der Waals surface area (Å²) in [4.78, 5) is 4.38. The molecule has 0 aromatic carbocycles. The molecule has 2 rings (SSSR count). The van der Waals surface area contributed by atoms with E-state index < -0.39 is 0 Å². The third-order valence-electron chi connectivity index (χ3n) is 3.17. The van der Waals surface area contributed by atoms with Gasteiger partial charge in [0.15, 0.2) is 0 Å². The molecule has 0 bridgehead atoms. The van der Waals surface area contributed by atoms with Crippen molar-refractivity contribution in [2.75, 3.05) is 0 Å². The van der Waals surface area contributed by atoms with Crippen LogP contribution in [0.4, 0.5) is 0 Å². The van der Waals surface area contributed by atoms with Gasteiger partial charge in [-0.25, -0.2) is 0 Å². The molecule has 1 N–H and O–H groups in total. The van der Waals surface area contributed by atoms with Crippen molar-refractivity contribution >= 4 is 0 Å².